The van der Waals surface area contributed by atoms with Crippen LogP contribution >= 0.6 is 0 Å². The van der Waals surface area contributed by atoms with Gasteiger partial charge in [0.15, 0.2) is 0 Å². The van der Waals surface area contributed by atoms with E-state index in [2.05, 4.69) is 48.1 Å². The van der Waals surface area contributed by atoms with Crippen molar-refractivity contribution in [2.24, 2.45) is 45.3 Å². The zero-order valence-electron chi connectivity index (χ0n) is 22.3. The van der Waals surface area contributed by atoms with Crippen LogP contribution < -0.4 is 0 Å². The lowest BCUT2D eigenvalue weighted by atomic mass is 9.47. The molecular weight excluding hydrogens is 408 g/mol. The quantitative estimate of drug-likeness (QED) is 0.409. The smallest absolute Gasteiger partial charge is 0.309 e. The Labute approximate surface area is 202 Å². The predicted molar refractivity (Wildman–Crippen MR) is 135 cm³/mol. The highest BCUT2D eigenvalue weighted by atomic mass is 16.4. The van der Waals surface area contributed by atoms with Gasteiger partial charge in [-0.3, -0.25) is 4.79 Å². The Morgan fingerprint density at radius 1 is 1.00 bits per heavy atom. The van der Waals surface area contributed by atoms with Gasteiger partial charge in [0.2, 0.25) is 0 Å². The number of carboxylic acids is 1. The van der Waals surface area contributed by atoms with Gasteiger partial charge >= 0.3 is 5.97 Å². The standard InChI is InChI=1S/C30H48O3/c1-18(2)19(3)17-24(31)20(4)21-11-13-30(8)23-9-10-25-27(5,15-16-28(25,6)26(32)33)22(23)12-14-29(21,30)7/h18,20-21,24-25,31H,3,9-17H2,1-2,4-8H3,(H,32,33)/t20-,21+,24+,25+,27+,28+,29+,30-/m0/s1. The van der Waals surface area contributed by atoms with Gasteiger partial charge in [-0.1, -0.05) is 64.8 Å². The summed E-state index contributed by atoms with van der Waals surface area (Å²) in [7, 11) is 0. The summed E-state index contributed by atoms with van der Waals surface area (Å²) < 4.78 is 0. The van der Waals surface area contributed by atoms with Crippen LogP contribution in [0.1, 0.15) is 106 Å². The Morgan fingerprint density at radius 3 is 2.27 bits per heavy atom. The number of allylic oxidation sites excluding steroid dienone is 2. The van der Waals surface area contributed by atoms with Crippen LogP contribution in [0, 0.1) is 45.3 Å². The fraction of sp³-hybridized carbons (Fsp3) is 0.833. The van der Waals surface area contributed by atoms with Crippen LogP contribution in [0.2, 0.25) is 0 Å². The molecule has 4 rings (SSSR count). The Bertz CT molecular complexity index is 870. The molecule has 4 aliphatic rings. The fourth-order valence-electron chi connectivity index (χ4n) is 9.26. The molecule has 0 heterocycles. The van der Waals surface area contributed by atoms with E-state index in [1.807, 2.05) is 6.92 Å². The van der Waals surface area contributed by atoms with Crippen LogP contribution in [0.25, 0.3) is 0 Å². The molecule has 186 valence electrons. The van der Waals surface area contributed by atoms with Crippen LogP contribution in [0.15, 0.2) is 23.3 Å². The van der Waals surface area contributed by atoms with Gasteiger partial charge in [-0.2, -0.15) is 0 Å². The average molecular weight is 457 g/mol. The maximum atomic E-state index is 12.2. The highest BCUT2D eigenvalue weighted by molar-refractivity contribution is 5.75. The molecule has 8 atom stereocenters. The Kier molecular flexibility index (Phi) is 6.04. The van der Waals surface area contributed by atoms with E-state index in [0.29, 0.717) is 18.3 Å². The van der Waals surface area contributed by atoms with Crippen molar-refractivity contribution in [1.29, 1.82) is 0 Å². The molecule has 0 amide bonds. The van der Waals surface area contributed by atoms with E-state index in [4.69, 9.17) is 0 Å². The van der Waals surface area contributed by atoms with Crippen molar-refractivity contribution >= 4 is 5.97 Å². The topological polar surface area (TPSA) is 57.5 Å². The number of carbonyl (C=O) groups is 1. The number of rotatable bonds is 6. The molecule has 0 aromatic rings. The maximum Gasteiger partial charge on any atom is 0.309 e. The Hall–Kier alpha value is -1.09. The number of aliphatic carboxylic acids is 1. The van der Waals surface area contributed by atoms with Gasteiger partial charge in [0.05, 0.1) is 11.5 Å². The molecule has 0 unspecified atom stereocenters. The van der Waals surface area contributed by atoms with Crippen LogP contribution in [-0.2, 0) is 4.79 Å². The highest BCUT2D eigenvalue weighted by Gasteiger charge is 2.65. The molecule has 4 aliphatic carbocycles. The van der Waals surface area contributed by atoms with Gasteiger partial charge in [0.25, 0.3) is 0 Å². The summed E-state index contributed by atoms with van der Waals surface area (Å²) >= 11 is 0. The minimum atomic E-state index is -0.598. The van der Waals surface area contributed by atoms with Crippen LogP contribution in [0.3, 0.4) is 0 Å². The number of fused-ring (bicyclic) bond motifs is 4. The molecule has 0 aromatic heterocycles. The molecule has 0 bridgehead atoms. The summed E-state index contributed by atoms with van der Waals surface area (Å²) in [6.45, 7) is 20.3. The number of hydrogen-bond acceptors (Lipinski definition) is 2. The zero-order valence-corrected chi connectivity index (χ0v) is 22.3. The minimum absolute atomic E-state index is 0.0449. The van der Waals surface area contributed by atoms with E-state index in [9.17, 15) is 15.0 Å². The van der Waals surface area contributed by atoms with Crippen molar-refractivity contribution in [3.05, 3.63) is 23.3 Å². The number of aliphatic hydroxyl groups excluding tert-OH is 1. The first kappa shape index (κ1) is 25.0. The molecule has 2 saturated carbocycles. The summed E-state index contributed by atoms with van der Waals surface area (Å²) in [5.41, 5.74) is 4.30. The molecule has 0 aromatic carbocycles. The second kappa shape index (κ2) is 7.97. The Morgan fingerprint density at radius 2 is 1.67 bits per heavy atom. The molecule has 2 N–H and O–H groups in total. The van der Waals surface area contributed by atoms with Crippen molar-refractivity contribution in [1.82, 2.24) is 0 Å². The summed E-state index contributed by atoms with van der Waals surface area (Å²) in [6, 6.07) is 0. The van der Waals surface area contributed by atoms with Gasteiger partial charge in [0.1, 0.15) is 0 Å². The zero-order chi connectivity index (χ0) is 24.6. The summed E-state index contributed by atoms with van der Waals surface area (Å²) in [4.78, 5) is 12.2. The van der Waals surface area contributed by atoms with Crippen molar-refractivity contribution < 1.29 is 15.0 Å². The molecule has 2 fully saturated rings. The van der Waals surface area contributed by atoms with Gasteiger partial charge in [0, 0.05) is 0 Å². The molecule has 33 heavy (non-hydrogen) atoms. The molecule has 0 aliphatic heterocycles. The SMILES string of the molecule is C=C(C[C@@H](O)[C@@H](C)[C@H]1CC[C@@]2(C)C3=C(CC[C@]12C)[C@@]1(C)CC[C@@](C)(C(=O)O)[C@@H]1CC3)C(C)C. The van der Waals surface area contributed by atoms with Crippen LogP contribution in [0.4, 0.5) is 0 Å². The first-order chi connectivity index (χ1) is 15.2. The molecule has 0 spiro atoms. The maximum absolute atomic E-state index is 12.2. The van der Waals surface area contributed by atoms with Crippen molar-refractivity contribution in [2.75, 3.05) is 0 Å². The van der Waals surface area contributed by atoms with Crippen LogP contribution in [-0.4, -0.2) is 22.3 Å². The van der Waals surface area contributed by atoms with Crippen molar-refractivity contribution in [2.45, 2.75) is 112 Å². The number of aliphatic hydroxyl groups is 1. The first-order valence-corrected chi connectivity index (χ1v) is 13.5. The van der Waals surface area contributed by atoms with E-state index in [0.717, 1.165) is 37.7 Å². The van der Waals surface area contributed by atoms with E-state index in [-0.39, 0.29) is 34.2 Å². The number of carboxylic acid groups (broad SMARTS) is 1. The predicted octanol–water partition coefficient (Wildman–Crippen LogP) is 7.40. The first-order valence-electron chi connectivity index (χ1n) is 13.5. The molecule has 0 saturated heterocycles. The molecule has 0 radical (unpaired) electrons. The minimum Gasteiger partial charge on any atom is -0.481 e. The van der Waals surface area contributed by atoms with Gasteiger partial charge in [-0.15, -0.1) is 0 Å². The Balaban J connectivity index is 1.64. The molecule has 3 nitrogen and oxygen atoms in total. The second-order valence-corrected chi connectivity index (χ2v) is 13.5. The van der Waals surface area contributed by atoms with Crippen molar-refractivity contribution in [3.8, 4) is 0 Å². The lowest BCUT2D eigenvalue weighted by molar-refractivity contribution is -0.151. The molecule has 3 heteroatoms. The third-order valence-electron chi connectivity index (χ3n) is 12.1. The van der Waals surface area contributed by atoms with Gasteiger partial charge < -0.3 is 10.2 Å². The van der Waals surface area contributed by atoms with E-state index < -0.39 is 11.4 Å². The highest BCUT2D eigenvalue weighted by Crippen LogP contribution is 2.73. The van der Waals surface area contributed by atoms with E-state index >= 15 is 0 Å². The molecular formula is C30H48O3. The fourth-order valence-corrected chi connectivity index (χ4v) is 9.26. The monoisotopic (exact) mass is 456 g/mol. The van der Waals surface area contributed by atoms with E-state index in [1.54, 1.807) is 11.1 Å². The lowest BCUT2D eigenvalue weighted by Gasteiger charge is -2.57. The summed E-state index contributed by atoms with van der Waals surface area (Å²) in [5.74, 6) is 0.860. The summed E-state index contributed by atoms with van der Waals surface area (Å²) in [5, 5.41) is 21.2. The normalized spacial score (nSPS) is 44.3. The van der Waals surface area contributed by atoms with Gasteiger partial charge in [-0.05, 0) is 105 Å². The third kappa shape index (κ3) is 3.34. The van der Waals surface area contributed by atoms with Gasteiger partial charge in [-0.25, -0.2) is 0 Å². The third-order valence-corrected chi connectivity index (χ3v) is 12.1. The van der Waals surface area contributed by atoms with E-state index in [1.165, 1.54) is 19.3 Å². The summed E-state index contributed by atoms with van der Waals surface area (Å²) in [6.07, 6.45) is 8.96. The second-order valence-electron chi connectivity index (χ2n) is 13.5. The van der Waals surface area contributed by atoms with Crippen LogP contribution in [0.5, 0.6) is 0 Å². The largest absolute Gasteiger partial charge is 0.481 e. The average Bonchev–Trinajstić information content (AvgIpc) is 3.19. The number of hydrogen-bond donors (Lipinski definition) is 2. The van der Waals surface area contributed by atoms with Crippen molar-refractivity contribution in [3.63, 3.8) is 0 Å². The lowest BCUT2D eigenvalue weighted by Crippen LogP contribution is -2.49.